The van der Waals surface area contributed by atoms with Crippen molar-refractivity contribution < 1.29 is 24.5 Å². The van der Waals surface area contributed by atoms with Crippen LogP contribution in [0.2, 0.25) is 0 Å². The van der Waals surface area contributed by atoms with E-state index < -0.39 is 17.3 Å². The predicted molar refractivity (Wildman–Crippen MR) is 98.4 cm³/mol. The van der Waals surface area contributed by atoms with Gasteiger partial charge in [-0.1, -0.05) is 17.7 Å². The van der Waals surface area contributed by atoms with Gasteiger partial charge >= 0.3 is 0 Å². The summed E-state index contributed by atoms with van der Waals surface area (Å²) >= 11 is 0. The SMILES string of the molecule is CC(C)=CCC12OC(C)C3CC(C=C4C(O)c5ccc(O)cc5OC431)C2=O. The average molecular weight is 368 g/mol. The zero-order valence-corrected chi connectivity index (χ0v) is 15.7. The van der Waals surface area contributed by atoms with Crippen LogP contribution in [0.25, 0.3) is 0 Å². The van der Waals surface area contributed by atoms with Gasteiger partial charge in [0.25, 0.3) is 0 Å². The van der Waals surface area contributed by atoms with Crippen LogP contribution >= 0.6 is 0 Å². The summed E-state index contributed by atoms with van der Waals surface area (Å²) in [6.45, 7) is 5.98. The Morgan fingerprint density at radius 1 is 1.37 bits per heavy atom. The van der Waals surface area contributed by atoms with Crippen molar-refractivity contribution in [1.29, 1.82) is 0 Å². The molecule has 5 nitrogen and oxygen atoms in total. The molecule has 5 aliphatic rings. The highest BCUT2D eigenvalue weighted by Gasteiger charge is 2.78. The maximum absolute atomic E-state index is 13.5. The summed E-state index contributed by atoms with van der Waals surface area (Å²) in [5.41, 5.74) is 0.312. The summed E-state index contributed by atoms with van der Waals surface area (Å²) in [6.07, 6.45) is 3.99. The van der Waals surface area contributed by atoms with Crippen LogP contribution < -0.4 is 4.74 Å². The molecular formula is C22H24O5. The molecule has 1 aromatic carbocycles. The number of hydrogen-bond donors (Lipinski definition) is 2. The normalized spacial score (nSPS) is 40.7. The number of aliphatic hydroxyl groups is 1. The average Bonchev–Trinajstić information content (AvgIpc) is 2.81. The number of ketones is 1. The van der Waals surface area contributed by atoms with Gasteiger partial charge < -0.3 is 19.7 Å². The van der Waals surface area contributed by atoms with Crippen LogP contribution in [-0.4, -0.2) is 33.3 Å². The van der Waals surface area contributed by atoms with E-state index >= 15 is 0 Å². The Labute approximate surface area is 158 Å². The topological polar surface area (TPSA) is 76.0 Å². The molecule has 0 amide bonds. The van der Waals surface area contributed by atoms with E-state index in [9.17, 15) is 15.0 Å². The summed E-state index contributed by atoms with van der Waals surface area (Å²) < 4.78 is 13.0. The first-order valence-electron chi connectivity index (χ1n) is 9.58. The second-order valence-corrected chi connectivity index (χ2v) is 8.53. The number of aliphatic hydroxyl groups excluding tert-OH is 1. The quantitative estimate of drug-likeness (QED) is 0.784. The number of hydrogen-bond acceptors (Lipinski definition) is 5. The largest absolute Gasteiger partial charge is 0.508 e. The Kier molecular flexibility index (Phi) is 3.30. The second-order valence-electron chi connectivity index (χ2n) is 8.53. The zero-order valence-electron chi connectivity index (χ0n) is 15.7. The fraction of sp³-hybridized carbons (Fsp3) is 0.500. The lowest BCUT2D eigenvalue weighted by atomic mass is 9.52. The van der Waals surface area contributed by atoms with Crippen molar-refractivity contribution in [3.05, 3.63) is 47.1 Å². The van der Waals surface area contributed by atoms with Crippen molar-refractivity contribution in [2.45, 2.75) is 57.0 Å². The van der Waals surface area contributed by atoms with Gasteiger partial charge in [-0.05, 0) is 39.3 Å². The Balaban J connectivity index is 1.77. The first-order chi connectivity index (χ1) is 12.8. The monoisotopic (exact) mass is 368 g/mol. The number of rotatable bonds is 2. The molecule has 1 spiro atoms. The third-order valence-corrected chi connectivity index (χ3v) is 6.78. The van der Waals surface area contributed by atoms with E-state index in [2.05, 4.69) is 0 Å². The third-order valence-electron chi connectivity index (χ3n) is 6.78. The smallest absolute Gasteiger partial charge is 0.176 e. The van der Waals surface area contributed by atoms with Crippen molar-refractivity contribution in [3.63, 3.8) is 0 Å². The van der Waals surface area contributed by atoms with Gasteiger partial charge in [0.15, 0.2) is 17.0 Å². The molecule has 2 fully saturated rings. The number of aromatic hydroxyl groups is 1. The standard InChI is InChI=1S/C22H24O5/c1-11(2)6-7-21-20(25)13-8-16(12(3)26-21)22(21)17(9-13)19(24)15-5-4-14(23)10-18(15)27-22/h4-6,9-10,12-13,16,19,23-24H,7-8H2,1-3H3. The molecule has 27 heavy (non-hydrogen) atoms. The van der Waals surface area contributed by atoms with E-state index in [1.807, 2.05) is 32.9 Å². The lowest BCUT2D eigenvalue weighted by Gasteiger charge is -2.57. The van der Waals surface area contributed by atoms with Crippen molar-refractivity contribution >= 4 is 5.78 Å². The van der Waals surface area contributed by atoms with Gasteiger partial charge in [-0.3, -0.25) is 4.79 Å². The molecule has 3 aliphatic carbocycles. The van der Waals surface area contributed by atoms with Crippen LogP contribution in [0.5, 0.6) is 11.5 Å². The highest BCUT2D eigenvalue weighted by Crippen LogP contribution is 2.66. The summed E-state index contributed by atoms with van der Waals surface area (Å²) in [6, 6.07) is 4.75. The minimum Gasteiger partial charge on any atom is -0.508 e. The molecule has 4 bridgehead atoms. The van der Waals surface area contributed by atoms with Crippen molar-refractivity contribution in [2.75, 3.05) is 0 Å². The van der Waals surface area contributed by atoms with Gasteiger partial charge in [0.2, 0.25) is 0 Å². The molecule has 0 aromatic heterocycles. The molecule has 1 aromatic rings. The van der Waals surface area contributed by atoms with Gasteiger partial charge in [0, 0.05) is 35.5 Å². The number of phenolic OH excluding ortho intramolecular Hbond substituents is 1. The summed E-state index contributed by atoms with van der Waals surface area (Å²) in [5, 5.41) is 21.1. The molecule has 6 unspecified atom stereocenters. The lowest BCUT2D eigenvalue weighted by molar-refractivity contribution is -0.171. The lowest BCUT2D eigenvalue weighted by Crippen LogP contribution is -2.71. The highest BCUT2D eigenvalue weighted by molar-refractivity contribution is 5.97. The van der Waals surface area contributed by atoms with Crippen LogP contribution in [0.15, 0.2) is 41.5 Å². The Bertz CT molecular complexity index is 911. The molecule has 2 aliphatic heterocycles. The van der Waals surface area contributed by atoms with E-state index in [1.54, 1.807) is 12.1 Å². The number of carbonyl (C=O) groups excluding carboxylic acids is 1. The van der Waals surface area contributed by atoms with Gasteiger partial charge in [-0.2, -0.15) is 0 Å². The Hall–Kier alpha value is -2.11. The summed E-state index contributed by atoms with van der Waals surface area (Å²) in [7, 11) is 0. The van der Waals surface area contributed by atoms with Crippen LogP contribution in [0, 0.1) is 11.8 Å². The van der Waals surface area contributed by atoms with Gasteiger partial charge in [0.1, 0.15) is 17.6 Å². The van der Waals surface area contributed by atoms with Crippen LogP contribution in [-0.2, 0) is 9.53 Å². The molecule has 5 heteroatoms. The van der Waals surface area contributed by atoms with Gasteiger partial charge in [0.05, 0.1) is 6.10 Å². The molecule has 142 valence electrons. The number of ether oxygens (including phenoxy) is 2. The van der Waals surface area contributed by atoms with Crippen LogP contribution in [0.3, 0.4) is 0 Å². The molecular weight excluding hydrogens is 344 g/mol. The second kappa shape index (κ2) is 5.24. The first-order valence-corrected chi connectivity index (χ1v) is 9.58. The van der Waals surface area contributed by atoms with Crippen LogP contribution in [0.1, 0.15) is 45.3 Å². The van der Waals surface area contributed by atoms with Crippen molar-refractivity contribution in [2.24, 2.45) is 11.8 Å². The highest BCUT2D eigenvalue weighted by atomic mass is 16.6. The minimum absolute atomic E-state index is 0.0177. The van der Waals surface area contributed by atoms with Crippen molar-refractivity contribution in [3.8, 4) is 11.5 Å². The molecule has 6 rings (SSSR count). The third kappa shape index (κ3) is 1.89. The van der Waals surface area contributed by atoms with E-state index in [4.69, 9.17) is 9.47 Å². The molecule has 0 radical (unpaired) electrons. The molecule has 1 saturated heterocycles. The maximum Gasteiger partial charge on any atom is 0.176 e. The molecule has 1 saturated carbocycles. The number of fused-ring (bicyclic) bond motifs is 1. The number of benzene rings is 1. The Morgan fingerprint density at radius 3 is 2.89 bits per heavy atom. The predicted octanol–water partition coefficient (Wildman–Crippen LogP) is 3.22. The van der Waals surface area contributed by atoms with Gasteiger partial charge in [-0.15, -0.1) is 0 Å². The molecule has 6 atom stereocenters. The maximum atomic E-state index is 13.5. The number of carbonyl (C=O) groups is 1. The fourth-order valence-electron chi connectivity index (χ4n) is 5.67. The zero-order chi connectivity index (χ0) is 19.1. The van der Waals surface area contributed by atoms with E-state index in [0.717, 1.165) is 11.1 Å². The molecule has 2 N–H and O–H groups in total. The van der Waals surface area contributed by atoms with E-state index in [-0.39, 0.29) is 29.5 Å². The Morgan fingerprint density at radius 2 is 2.15 bits per heavy atom. The van der Waals surface area contributed by atoms with E-state index in [0.29, 0.717) is 24.2 Å². The number of phenols is 1. The number of allylic oxidation sites excluding steroid dienone is 2. The number of Topliss-reactive ketones (excluding diaryl/α,β-unsaturated/α-hetero) is 1. The fourth-order valence-corrected chi connectivity index (χ4v) is 5.67. The first kappa shape index (κ1) is 17.0. The van der Waals surface area contributed by atoms with Crippen molar-refractivity contribution in [1.82, 2.24) is 0 Å². The molecule has 2 heterocycles. The van der Waals surface area contributed by atoms with Gasteiger partial charge in [-0.25, -0.2) is 0 Å². The van der Waals surface area contributed by atoms with E-state index in [1.165, 1.54) is 6.07 Å². The summed E-state index contributed by atoms with van der Waals surface area (Å²) in [4.78, 5) is 13.5. The van der Waals surface area contributed by atoms with Crippen LogP contribution in [0.4, 0.5) is 0 Å². The summed E-state index contributed by atoms with van der Waals surface area (Å²) in [5.74, 6) is 0.271. The minimum atomic E-state index is -1.13.